The molecule has 0 bridgehead atoms. The molecule has 2 saturated heterocycles. The van der Waals surface area contributed by atoms with Crippen LogP contribution in [0, 0.1) is 5.92 Å². The number of primary amides is 1. The highest BCUT2D eigenvalue weighted by atomic mass is 32.2. The van der Waals surface area contributed by atoms with Crippen LogP contribution in [0.25, 0.3) is 11.7 Å². The van der Waals surface area contributed by atoms with E-state index in [0.29, 0.717) is 65.2 Å². The van der Waals surface area contributed by atoms with Gasteiger partial charge >= 0.3 is 0 Å². The Labute approximate surface area is 217 Å². The summed E-state index contributed by atoms with van der Waals surface area (Å²) >= 11 is 6.70. The number of aromatic nitrogens is 2. The number of carbonyl (C=O) groups excluding carboxylic acids is 2. The topological polar surface area (TPSA) is 101 Å². The number of anilines is 1. The fourth-order valence-corrected chi connectivity index (χ4v) is 5.83. The second kappa shape index (κ2) is 10.2. The van der Waals surface area contributed by atoms with Gasteiger partial charge in [0.25, 0.3) is 11.5 Å². The number of hydrogen-bond acceptors (Lipinski definition) is 7. The average Bonchev–Trinajstić information content (AvgIpc) is 3.16. The van der Waals surface area contributed by atoms with Crippen LogP contribution in [-0.2, 0) is 16.0 Å². The van der Waals surface area contributed by atoms with Crippen molar-refractivity contribution in [2.75, 3.05) is 24.5 Å². The maximum Gasteiger partial charge on any atom is 0.267 e. The van der Waals surface area contributed by atoms with Crippen LogP contribution in [0.1, 0.15) is 24.0 Å². The molecule has 0 aliphatic carbocycles. The lowest BCUT2D eigenvalue weighted by molar-refractivity contribution is -0.123. The van der Waals surface area contributed by atoms with E-state index in [2.05, 4.69) is 0 Å². The first kappa shape index (κ1) is 24.2. The monoisotopic (exact) mass is 519 g/mol. The van der Waals surface area contributed by atoms with Crippen molar-refractivity contribution >= 4 is 57.7 Å². The molecule has 0 radical (unpaired) electrons. The van der Waals surface area contributed by atoms with E-state index in [0.717, 1.165) is 5.56 Å². The van der Waals surface area contributed by atoms with E-state index >= 15 is 0 Å². The minimum absolute atomic E-state index is 0.188. The van der Waals surface area contributed by atoms with E-state index in [4.69, 9.17) is 22.9 Å². The molecule has 8 nitrogen and oxygen atoms in total. The van der Waals surface area contributed by atoms with Crippen molar-refractivity contribution in [3.05, 3.63) is 81.1 Å². The van der Waals surface area contributed by atoms with Crippen molar-refractivity contribution in [2.24, 2.45) is 11.7 Å². The maximum absolute atomic E-state index is 13.5. The molecule has 0 atom stereocenters. The van der Waals surface area contributed by atoms with Crippen LogP contribution in [0.4, 0.5) is 5.82 Å². The molecule has 2 aliphatic heterocycles. The van der Waals surface area contributed by atoms with Gasteiger partial charge in [-0.1, -0.05) is 60.4 Å². The first-order valence-electron chi connectivity index (χ1n) is 11.8. The van der Waals surface area contributed by atoms with Gasteiger partial charge in [0.05, 0.1) is 10.5 Å². The summed E-state index contributed by atoms with van der Waals surface area (Å²) in [6, 6.07) is 15.3. The Balaban J connectivity index is 1.48. The summed E-state index contributed by atoms with van der Waals surface area (Å²) < 4.78 is 1.95. The van der Waals surface area contributed by atoms with Gasteiger partial charge in [-0.2, -0.15) is 0 Å². The number of thioether (sulfide) groups is 1. The highest BCUT2D eigenvalue weighted by Gasteiger charge is 2.33. The van der Waals surface area contributed by atoms with E-state index in [1.165, 1.54) is 16.2 Å². The molecule has 2 N–H and O–H groups in total. The van der Waals surface area contributed by atoms with Crippen molar-refractivity contribution in [1.29, 1.82) is 0 Å². The zero-order chi connectivity index (χ0) is 25.2. The van der Waals surface area contributed by atoms with Crippen LogP contribution in [-0.4, -0.2) is 50.1 Å². The number of carbonyl (C=O) groups is 2. The minimum Gasteiger partial charge on any atom is -0.369 e. The second-order valence-corrected chi connectivity index (χ2v) is 10.5. The third kappa shape index (κ3) is 4.78. The number of fused-ring (bicyclic) bond motifs is 1. The summed E-state index contributed by atoms with van der Waals surface area (Å²) in [5.41, 5.74) is 7.21. The van der Waals surface area contributed by atoms with E-state index in [1.54, 1.807) is 29.3 Å². The average molecular weight is 520 g/mol. The third-order valence-corrected chi connectivity index (χ3v) is 7.94. The number of pyridine rings is 1. The van der Waals surface area contributed by atoms with Gasteiger partial charge < -0.3 is 10.6 Å². The number of rotatable bonds is 6. The van der Waals surface area contributed by atoms with E-state index < -0.39 is 0 Å². The number of nitrogens with zero attached hydrogens (tertiary/aromatic N) is 4. The molecule has 2 aliphatic rings. The number of thiocarbonyl (C=S) groups is 1. The lowest BCUT2D eigenvalue weighted by atomic mass is 9.96. The Kier molecular flexibility index (Phi) is 6.88. The SMILES string of the molecule is NC(=O)C1CCN(c2nc3ccccn3c(=O)c2/C=C2/SC(=S)N(CCc3ccccc3)C2=O)CC1. The Morgan fingerprint density at radius 3 is 2.56 bits per heavy atom. The van der Waals surface area contributed by atoms with Crippen molar-refractivity contribution < 1.29 is 9.59 Å². The second-order valence-electron chi connectivity index (χ2n) is 8.82. The Hall–Kier alpha value is -3.50. The Bertz CT molecular complexity index is 1430. The van der Waals surface area contributed by atoms with Gasteiger partial charge in [0.2, 0.25) is 5.91 Å². The third-order valence-electron chi connectivity index (χ3n) is 6.56. The van der Waals surface area contributed by atoms with Crippen LogP contribution in [0.15, 0.2) is 64.4 Å². The number of benzene rings is 1. The van der Waals surface area contributed by atoms with Gasteiger partial charge in [0.15, 0.2) is 0 Å². The van der Waals surface area contributed by atoms with Gasteiger partial charge in [0.1, 0.15) is 15.8 Å². The molecular weight excluding hydrogens is 494 g/mol. The molecular formula is C26H25N5O3S2. The first-order valence-corrected chi connectivity index (χ1v) is 13.0. The smallest absolute Gasteiger partial charge is 0.267 e. The highest BCUT2D eigenvalue weighted by Crippen LogP contribution is 2.34. The summed E-state index contributed by atoms with van der Waals surface area (Å²) in [7, 11) is 0. The fourth-order valence-electron chi connectivity index (χ4n) is 4.54. The molecule has 1 aromatic carbocycles. The summed E-state index contributed by atoms with van der Waals surface area (Å²) in [4.78, 5) is 47.2. The largest absolute Gasteiger partial charge is 0.369 e. The Morgan fingerprint density at radius 2 is 1.83 bits per heavy atom. The fraction of sp³-hybridized carbons (Fsp3) is 0.269. The van der Waals surface area contributed by atoms with Crippen LogP contribution in [0.2, 0.25) is 0 Å². The van der Waals surface area contributed by atoms with Crippen LogP contribution >= 0.6 is 24.0 Å². The lowest BCUT2D eigenvalue weighted by Gasteiger charge is -2.32. The summed E-state index contributed by atoms with van der Waals surface area (Å²) in [6.45, 7) is 1.55. The molecule has 0 unspecified atom stereocenters. The quantitative estimate of drug-likeness (QED) is 0.395. The van der Waals surface area contributed by atoms with E-state index in [-0.39, 0.29) is 23.3 Å². The molecule has 2 fully saturated rings. The van der Waals surface area contributed by atoms with Crippen molar-refractivity contribution in [1.82, 2.24) is 14.3 Å². The molecule has 2 amide bonds. The van der Waals surface area contributed by atoms with Gasteiger partial charge in [-0.3, -0.25) is 23.7 Å². The van der Waals surface area contributed by atoms with Crippen LogP contribution < -0.4 is 16.2 Å². The molecule has 10 heteroatoms. The maximum atomic E-state index is 13.5. The Morgan fingerprint density at radius 1 is 1.11 bits per heavy atom. The molecule has 0 saturated carbocycles. The van der Waals surface area contributed by atoms with E-state index in [9.17, 15) is 14.4 Å². The van der Waals surface area contributed by atoms with E-state index in [1.807, 2.05) is 41.3 Å². The van der Waals surface area contributed by atoms with Crippen LogP contribution in [0.3, 0.4) is 0 Å². The van der Waals surface area contributed by atoms with Crippen molar-refractivity contribution in [3.8, 4) is 0 Å². The predicted molar refractivity (Wildman–Crippen MR) is 146 cm³/mol. The standard InChI is InChI=1S/C26H25N5O3S2/c27-22(32)18-10-13-29(14-11-18)23-19(24(33)30-12-5-4-8-21(30)28-23)16-20-25(34)31(26(35)36-20)15-9-17-6-2-1-3-7-17/h1-8,12,16,18H,9-11,13-15H2,(H2,27,32)/b20-16+. The molecule has 5 rings (SSSR count). The van der Waals surface area contributed by atoms with Gasteiger partial charge in [-0.25, -0.2) is 4.98 Å². The summed E-state index contributed by atoms with van der Waals surface area (Å²) in [5, 5.41) is 0. The molecule has 2 aromatic heterocycles. The van der Waals surface area contributed by atoms with Crippen molar-refractivity contribution in [3.63, 3.8) is 0 Å². The lowest BCUT2D eigenvalue weighted by Crippen LogP contribution is -2.40. The summed E-state index contributed by atoms with van der Waals surface area (Å²) in [5.74, 6) is -0.201. The predicted octanol–water partition coefficient (Wildman–Crippen LogP) is 2.84. The van der Waals surface area contributed by atoms with Crippen LogP contribution in [0.5, 0.6) is 0 Å². The number of nitrogens with two attached hydrogens (primary N) is 1. The molecule has 184 valence electrons. The molecule has 0 spiro atoms. The summed E-state index contributed by atoms with van der Waals surface area (Å²) in [6.07, 6.45) is 5.14. The van der Waals surface area contributed by atoms with Gasteiger partial charge in [-0.15, -0.1) is 0 Å². The number of amides is 2. The minimum atomic E-state index is -0.305. The van der Waals surface area contributed by atoms with Gasteiger partial charge in [0, 0.05) is 31.7 Å². The molecule has 3 aromatic rings. The highest BCUT2D eigenvalue weighted by molar-refractivity contribution is 8.26. The number of hydrogen-bond donors (Lipinski definition) is 1. The van der Waals surface area contributed by atoms with Crippen molar-refractivity contribution in [2.45, 2.75) is 19.3 Å². The van der Waals surface area contributed by atoms with Gasteiger partial charge in [-0.05, 0) is 43.0 Å². The molecule has 4 heterocycles. The first-order chi connectivity index (χ1) is 17.4. The number of piperidine rings is 1. The zero-order valence-electron chi connectivity index (χ0n) is 19.5. The zero-order valence-corrected chi connectivity index (χ0v) is 21.1. The normalized spacial score (nSPS) is 17.9. The molecule has 36 heavy (non-hydrogen) atoms.